The maximum Gasteiger partial charge on any atom is 0.171 e. The molecule has 3 aromatic rings. The Morgan fingerprint density at radius 3 is 2.81 bits per heavy atom. The van der Waals surface area contributed by atoms with Crippen LogP contribution in [0.1, 0.15) is 16.2 Å². The number of hydrogen-bond acceptors (Lipinski definition) is 2. The van der Waals surface area contributed by atoms with Crippen LogP contribution >= 0.6 is 27.5 Å². The molecule has 0 saturated carbocycles. The van der Waals surface area contributed by atoms with E-state index in [1.807, 2.05) is 41.9 Å². The van der Waals surface area contributed by atoms with Gasteiger partial charge in [-0.1, -0.05) is 39.7 Å². The van der Waals surface area contributed by atoms with Crippen LogP contribution in [0.3, 0.4) is 0 Å². The first kappa shape index (κ1) is 14.3. The molecule has 2 aromatic carbocycles. The minimum absolute atomic E-state index is 0.0419. The molecule has 3 nitrogen and oxygen atoms in total. The fourth-order valence-electron chi connectivity index (χ4n) is 2.30. The minimum atomic E-state index is -0.0419. The lowest BCUT2D eigenvalue weighted by Gasteiger charge is -2.05. The van der Waals surface area contributed by atoms with Crippen molar-refractivity contribution in [2.45, 2.75) is 6.42 Å². The van der Waals surface area contributed by atoms with Gasteiger partial charge in [-0.25, -0.2) is 4.98 Å². The third-order valence-electron chi connectivity index (χ3n) is 3.43. The molecule has 3 rings (SSSR count). The molecule has 0 amide bonds. The average molecular weight is 364 g/mol. The number of hydrogen-bond donors (Lipinski definition) is 0. The van der Waals surface area contributed by atoms with Gasteiger partial charge in [0.15, 0.2) is 5.78 Å². The number of ketones is 1. The third-order valence-corrected chi connectivity index (χ3v) is 4.25. The normalized spacial score (nSPS) is 11.0. The summed E-state index contributed by atoms with van der Waals surface area (Å²) in [5.41, 5.74) is 2.42. The van der Waals surface area contributed by atoms with Gasteiger partial charge in [0.2, 0.25) is 0 Å². The molecule has 1 aromatic heterocycles. The van der Waals surface area contributed by atoms with E-state index in [0.717, 1.165) is 21.3 Å². The molecule has 0 spiro atoms. The van der Waals surface area contributed by atoms with Crippen molar-refractivity contribution in [3.8, 4) is 0 Å². The molecule has 0 aliphatic carbocycles. The van der Waals surface area contributed by atoms with Gasteiger partial charge >= 0.3 is 0 Å². The molecule has 0 saturated heterocycles. The number of aryl methyl sites for hydroxylation is 1. The highest BCUT2D eigenvalue weighted by Crippen LogP contribution is 2.23. The van der Waals surface area contributed by atoms with E-state index in [1.54, 1.807) is 12.1 Å². The molecule has 5 heteroatoms. The number of benzene rings is 2. The maximum atomic E-state index is 12.5. The van der Waals surface area contributed by atoms with Crippen molar-refractivity contribution in [3.05, 3.63) is 63.3 Å². The molecule has 0 aliphatic rings. The zero-order valence-corrected chi connectivity index (χ0v) is 13.6. The monoisotopic (exact) mass is 362 g/mol. The van der Waals surface area contributed by atoms with E-state index in [2.05, 4.69) is 20.9 Å². The molecule has 0 unspecified atom stereocenters. The van der Waals surface area contributed by atoms with Crippen LogP contribution in [0.15, 0.2) is 46.9 Å². The highest BCUT2D eigenvalue weighted by atomic mass is 79.9. The standard InChI is InChI=1S/C16H12BrClN2O/c1-20-14-5-3-2-4-13(14)19-16(20)9-15(21)11-8-10(17)6-7-12(11)18/h2-8H,9H2,1H3. The molecule has 0 radical (unpaired) electrons. The van der Waals surface area contributed by atoms with E-state index >= 15 is 0 Å². The number of aromatic nitrogens is 2. The Morgan fingerprint density at radius 2 is 2.05 bits per heavy atom. The number of Topliss-reactive ketones (excluding diaryl/α,β-unsaturated/α-hetero) is 1. The lowest BCUT2D eigenvalue weighted by atomic mass is 10.1. The summed E-state index contributed by atoms with van der Waals surface area (Å²) in [6.07, 6.45) is 0.224. The van der Waals surface area contributed by atoms with Gasteiger partial charge in [0.1, 0.15) is 5.82 Å². The molecule has 21 heavy (non-hydrogen) atoms. The van der Waals surface area contributed by atoms with E-state index in [-0.39, 0.29) is 12.2 Å². The Balaban J connectivity index is 1.96. The quantitative estimate of drug-likeness (QED) is 0.646. The lowest BCUT2D eigenvalue weighted by molar-refractivity contribution is 0.0990. The van der Waals surface area contributed by atoms with Crippen molar-refractivity contribution in [1.29, 1.82) is 0 Å². The van der Waals surface area contributed by atoms with Gasteiger partial charge in [-0.05, 0) is 30.3 Å². The van der Waals surface area contributed by atoms with Crippen molar-refractivity contribution in [3.63, 3.8) is 0 Å². The molecular formula is C16H12BrClN2O. The van der Waals surface area contributed by atoms with Gasteiger partial charge in [0, 0.05) is 17.1 Å². The summed E-state index contributed by atoms with van der Waals surface area (Å²) in [7, 11) is 1.92. The molecule has 0 fully saturated rings. The summed E-state index contributed by atoms with van der Waals surface area (Å²) in [6, 6.07) is 13.1. The summed E-state index contributed by atoms with van der Waals surface area (Å²) >= 11 is 9.47. The van der Waals surface area contributed by atoms with Crippen molar-refractivity contribution < 1.29 is 4.79 Å². The maximum absolute atomic E-state index is 12.5. The Kier molecular flexibility index (Phi) is 3.83. The van der Waals surface area contributed by atoms with Gasteiger partial charge in [0.05, 0.1) is 22.5 Å². The first-order valence-corrected chi connectivity index (χ1v) is 7.62. The summed E-state index contributed by atoms with van der Waals surface area (Å²) in [4.78, 5) is 17.0. The number of imidazole rings is 1. The number of para-hydroxylation sites is 2. The van der Waals surface area contributed by atoms with Crippen LogP contribution in [0, 0.1) is 0 Å². The van der Waals surface area contributed by atoms with Crippen molar-refractivity contribution >= 4 is 44.3 Å². The predicted molar refractivity (Wildman–Crippen MR) is 87.9 cm³/mol. The van der Waals surface area contributed by atoms with Crippen molar-refractivity contribution in [2.75, 3.05) is 0 Å². The number of nitrogens with zero attached hydrogens (tertiary/aromatic N) is 2. The first-order chi connectivity index (χ1) is 10.1. The van der Waals surface area contributed by atoms with Crippen LogP contribution in [-0.2, 0) is 13.5 Å². The summed E-state index contributed by atoms with van der Waals surface area (Å²) < 4.78 is 2.78. The van der Waals surface area contributed by atoms with E-state index in [0.29, 0.717) is 10.6 Å². The molecule has 0 aliphatic heterocycles. The Bertz CT molecular complexity index is 841. The Labute approximate surface area is 135 Å². The molecule has 0 atom stereocenters. The number of carbonyl (C=O) groups is 1. The highest BCUT2D eigenvalue weighted by Gasteiger charge is 2.15. The van der Waals surface area contributed by atoms with Gasteiger partial charge < -0.3 is 4.57 Å². The van der Waals surface area contributed by atoms with E-state index < -0.39 is 0 Å². The highest BCUT2D eigenvalue weighted by molar-refractivity contribution is 9.10. The molecule has 1 heterocycles. The number of halogens is 2. The van der Waals surface area contributed by atoms with E-state index in [4.69, 9.17) is 11.6 Å². The largest absolute Gasteiger partial charge is 0.331 e. The second-order valence-corrected chi connectivity index (χ2v) is 6.12. The Morgan fingerprint density at radius 1 is 1.29 bits per heavy atom. The van der Waals surface area contributed by atoms with Crippen LogP contribution < -0.4 is 0 Å². The molecule has 0 bridgehead atoms. The van der Waals surface area contributed by atoms with Gasteiger partial charge in [-0.2, -0.15) is 0 Å². The topological polar surface area (TPSA) is 34.9 Å². The van der Waals surface area contributed by atoms with E-state index in [9.17, 15) is 4.79 Å². The number of rotatable bonds is 3. The number of fused-ring (bicyclic) bond motifs is 1. The smallest absolute Gasteiger partial charge is 0.171 e. The summed E-state index contributed by atoms with van der Waals surface area (Å²) in [5, 5.41) is 0.460. The summed E-state index contributed by atoms with van der Waals surface area (Å²) in [6.45, 7) is 0. The van der Waals surface area contributed by atoms with Crippen molar-refractivity contribution in [2.24, 2.45) is 7.05 Å². The molecule has 0 N–H and O–H groups in total. The fourth-order valence-corrected chi connectivity index (χ4v) is 2.89. The van der Waals surface area contributed by atoms with E-state index in [1.165, 1.54) is 0 Å². The van der Waals surface area contributed by atoms with Gasteiger partial charge in [0.25, 0.3) is 0 Å². The van der Waals surface area contributed by atoms with Gasteiger partial charge in [-0.15, -0.1) is 0 Å². The first-order valence-electron chi connectivity index (χ1n) is 6.45. The average Bonchev–Trinajstić information content (AvgIpc) is 2.78. The minimum Gasteiger partial charge on any atom is -0.331 e. The van der Waals surface area contributed by atoms with Crippen LogP contribution in [0.2, 0.25) is 5.02 Å². The summed E-state index contributed by atoms with van der Waals surface area (Å²) in [5.74, 6) is 0.692. The molecule has 106 valence electrons. The zero-order chi connectivity index (χ0) is 15.0. The molecular weight excluding hydrogens is 352 g/mol. The van der Waals surface area contributed by atoms with Crippen LogP contribution in [0.4, 0.5) is 0 Å². The van der Waals surface area contributed by atoms with Gasteiger partial charge in [-0.3, -0.25) is 4.79 Å². The zero-order valence-electron chi connectivity index (χ0n) is 11.3. The second kappa shape index (κ2) is 5.62. The lowest BCUT2D eigenvalue weighted by Crippen LogP contribution is -2.09. The predicted octanol–water partition coefficient (Wildman–Crippen LogP) is 4.41. The Hall–Kier alpha value is -1.65. The van der Waals surface area contributed by atoms with Crippen LogP contribution in [-0.4, -0.2) is 15.3 Å². The SMILES string of the molecule is Cn1c(CC(=O)c2cc(Br)ccc2Cl)nc2ccccc21. The number of carbonyl (C=O) groups excluding carboxylic acids is 1. The van der Waals surface area contributed by atoms with Crippen molar-refractivity contribution in [1.82, 2.24) is 9.55 Å². The fraction of sp³-hybridized carbons (Fsp3) is 0.125. The third kappa shape index (κ3) is 2.74. The van der Waals surface area contributed by atoms with Crippen LogP contribution in [0.25, 0.3) is 11.0 Å². The van der Waals surface area contributed by atoms with Crippen LogP contribution in [0.5, 0.6) is 0 Å². The second-order valence-electron chi connectivity index (χ2n) is 4.80.